The van der Waals surface area contributed by atoms with Crippen molar-refractivity contribution in [1.29, 1.82) is 0 Å². The van der Waals surface area contributed by atoms with Crippen LogP contribution in [-0.4, -0.2) is 18.9 Å². The number of hydrogen-bond donors (Lipinski definition) is 0. The van der Waals surface area contributed by atoms with Crippen LogP contribution in [0.1, 0.15) is 41.6 Å². The Kier molecular flexibility index (Phi) is 2.50. The van der Waals surface area contributed by atoms with Crippen molar-refractivity contribution in [3.8, 4) is 0 Å². The Morgan fingerprint density at radius 3 is 3.12 bits per heavy atom. The molecular weight excluding hydrogens is 210 g/mol. The maximum absolute atomic E-state index is 10.9. The van der Waals surface area contributed by atoms with Crippen LogP contribution in [0.4, 0.5) is 5.69 Å². The number of carbonyl (C=O) groups is 1. The first-order valence-electron chi connectivity index (χ1n) is 6.37. The first-order chi connectivity index (χ1) is 8.35. The number of anilines is 1. The number of carbonyl (C=O) groups excluding carboxylic acids is 1. The van der Waals surface area contributed by atoms with Crippen molar-refractivity contribution in [2.24, 2.45) is 0 Å². The Morgan fingerprint density at radius 2 is 2.35 bits per heavy atom. The Hall–Kier alpha value is -1.57. The molecule has 0 saturated heterocycles. The third-order valence-corrected chi connectivity index (χ3v) is 3.98. The Bertz CT molecular complexity index is 478. The van der Waals surface area contributed by atoms with Gasteiger partial charge in [0.1, 0.15) is 6.29 Å². The summed E-state index contributed by atoms with van der Waals surface area (Å²) >= 11 is 0. The molecule has 1 aromatic rings. The Balaban J connectivity index is 2.12. The lowest BCUT2D eigenvalue weighted by atomic mass is 9.87. The third-order valence-electron chi connectivity index (χ3n) is 3.98. The van der Waals surface area contributed by atoms with E-state index in [0.29, 0.717) is 12.0 Å². The summed E-state index contributed by atoms with van der Waals surface area (Å²) < 4.78 is 0. The van der Waals surface area contributed by atoms with Crippen LogP contribution < -0.4 is 4.90 Å². The van der Waals surface area contributed by atoms with Crippen LogP contribution in [0.25, 0.3) is 0 Å². The fraction of sp³-hybridized carbons (Fsp3) is 0.400. The number of aldehydes is 1. The molecule has 1 aliphatic heterocycles. The minimum Gasteiger partial charge on any atom is -0.368 e. The molecule has 1 aliphatic carbocycles. The van der Waals surface area contributed by atoms with Gasteiger partial charge in [-0.05, 0) is 43.5 Å². The molecule has 0 spiro atoms. The highest BCUT2D eigenvalue weighted by Gasteiger charge is 2.36. The average molecular weight is 227 g/mol. The summed E-state index contributed by atoms with van der Waals surface area (Å²) in [6.45, 7) is 3.25. The fourth-order valence-corrected chi connectivity index (χ4v) is 3.24. The van der Waals surface area contributed by atoms with E-state index in [4.69, 9.17) is 0 Å². The topological polar surface area (TPSA) is 20.3 Å². The molecule has 0 bridgehead atoms. The van der Waals surface area contributed by atoms with Crippen molar-refractivity contribution in [2.75, 3.05) is 11.4 Å². The number of allylic oxidation sites excluding steroid dienone is 1. The molecule has 0 amide bonds. The van der Waals surface area contributed by atoms with Gasteiger partial charge < -0.3 is 4.90 Å². The van der Waals surface area contributed by atoms with Gasteiger partial charge >= 0.3 is 0 Å². The lowest BCUT2D eigenvalue weighted by Gasteiger charge is -2.30. The summed E-state index contributed by atoms with van der Waals surface area (Å²) in [5.41, 5.74) is 3.44. The van der Waals surface area contributed by atoms with Crippen LogP contribution >= 0.6 is 0 Å². The van der Waals surface area contributed by atoms with E-state index < -0.39 is 0 Å². The molecule has 3 rings (SSSR count). The number of hydrogen-bond acceptors (Lipinski definition) is 2. The van der Waals surface area contributed by atoms with Gasteiger partial charge in [-0.15, -0.1) is 0 Å². The highest BCUT2D eigenvalue weighted by molar-refractivity contribution is 5.78. The van der Waals surface area contributed by atoms with E-state index in [0.717, 1.165) is 18.4 Å². The maximum Gasteiger partial charge on any atom is 0.150 e. The van der Waals surface area contributed by atoms with Crippen LogP contribution in [0.2, 0.25) is 0 Å². The fourth-order valence-electron chi connectivity index (χ4n) is 3.24. The second kappa shape index (κ2) is 4.02. The summed E-state index contributed by atoms with van der Waals surface area (Å²) in [7, 11) is 0. The van der Waals surface area contributed by atoms with Gasteiger partial charge in [-0.2, -0.15) is 0 Å². The maximum atomic E-state index is 10.9. The number of rotatable bonds is 2. The Labute approximate surface area is 102 Å². The van der Waals surface area contributed by atoms with E-state index >= 15 is 0 Å². The van der Waals surface area contributed by atoms with Crippen LogP contribution in [0, 0.1) is 0 Å². The predicted octanol–water partition coefficient (Wildman–Crippen LogP) is 3.14. The first-order valence-corrected chi connectivity index (χ1v) is 6.37. The lowest BCUT2D eigenvalue weighted by molar-refractivity contribution is 0.112. The molecule has 0 saturated carbocycles. The molecule has 2 atom stereocenters. The molecule has 1 aromatic carbocycles. The van der Waals surface area contributed by atoms with Crippen LogP contribution in [0.5, 0.6) is 0 Å². The van der Waals surface area contributed by atoms with E-state index in [-0.39, 0.29) is 0 Å². The van der Waals surface area contributed by atoms with Gasteiger partial charge in [-0.1, -0.05) is 12.2 Å². The number of nitrogens with zero attached hydrogens (tertiary/aromatic N) is 1. The number of fused-ring (bicyclic) bond motifs is 3. The van der Waals surface area contributed by atoms with Gasteiger partial charge in [0.2, 0.25) is 0 Å². The molecule has 17 heavy (non-hydrogen) atoms. The van der Waals surface area contributed by atoms with Crippen LogP contribution in [0.3, 0.4) is 0 Å². The summed E-state index contributed by atoms with van der Waals surface area (Å²) in [5.74, 6) is 0.485. The summed E-state index contributed by atoms with van der Waals surface area (Å²) in [6, 6.07) is 6.69. The van der Waals surface area contributed by atoms with Crippen molar-refractivity contribution in [3.63, 3.8) is 0 Å². The van der Waals surface area contributed by atoms with Crippen molar-refractivity contribution < 1.29 is 4.79 Å². The van der Waals surface area contributed by atoms with E-state index in [2.05, 4.69) is 36.1 Å². The Morgan fingerprint density at radius 1 is 1.47 bits per heavy atom. The van der Waals surface area contributed by atoms with E-state index in [1.807, 2.05) is 6.07 Å². The zero-order valence-electron chi connectivity index (χ0n) is 10.1. The molecule has 2 heteroatoms. The smallest absolute Gasteiger partial charge is 0.150 e. The van der Waals surface area contributed by atoms with Gasteiger partial charge in [-0.25, -0.2) is 0 Å². The molecule has 2 nitrogen and oxygen atoms in total. The number of benzene rings is 1. The van der Waals surface area contributed by atoms with Crippen molar-refractivity contribution in [3.05, 3.63) is 41.5 Å². The second-order valence-electron chi connectivity index (χ2n) is 4.82. The molecular formula is C15H17NO. The predicted molar refractivity (Wildman–Crippen MR) is 69.8 cm³/mol. The van der Waals surface area contributed by atoms with E-state index in [9.17, 15) is 4.79 Å². The van der Waals surface area contributed by atoms with Crippen molar-refractivity contribution in [2.45, 2.75) is 31.7 Å². The first kappa shape index (κ1) is 10.6. The molecule has 0 N–H and O–H groups in total. The van der Waals surface area contributed by atoms with Gasteiger partial charge in [0, 0.05) is 29.8 Å². The minimum atomic E-state index is 0.485. The highest BCUT2D eigenvalue weighted by atomic mass is 16.1. The van der Waals surface area contributed by atoms with Gasteiger partial charge in [0.15, 0.2) is 0 Å². The molecule has 1 heterocycles. The van der Waals surface area contributed by atoms with Crippen molar-refractivity contribution in [1.82, 2.24) is 0 Å². The van der Waals surface area contributed by atoms with Gasteiger partial charge in [0.05, 0.1) is 0 Å². The van der Waals surface area contributed by atoms with Crippen LogP contribution in [-0.2, 0) is 0 Å². The zero-order valence-corrected chi connectivity index (χ0v) is 10.1. The number of likely N-dealkylation sites (N-methyl/N-ethyl adjacent to an activating group) is 1. The molecule has 2 unspecified atom stereocenters. The van der Waals surface area contributed by atoms with Crippen LogP contribution in [0.15, 0.2) is 30.4 Å². The highest BCUT2D eigenvalue weighted by Crippen LogP contribution is 2.45. The quantitative estimate of drug-likeness (QED) is 0.571. The molecule has 0 aromatic heterocycles. The minimum absolute atomic E-state index is 0.485. The molecule has 0 radical (unpaired) electrons. The summed E-state index contributed by atoms with van der Waals surface area (Å²) in [4.78, 5) is 13.4. The SMILES string of the molecule is CCN1c2ccc(C=O)cc2C2C=CCCC21. The third kappa shape index (κ3) is 1.51. The summed E-state index contributed by atoms with van der Waals surface area (Å²) in [5, 5.41) is 0. The monoisotopic (exact) mass is 227 g/mol. The van der Waals surface area contributed by atoms with Gasteiger partial charge in [-0.3, -0.25) is 4.79 Å². The zero-order chi connectivity index (χ0) is 11.8. The van der Waals surface area contributed by atoms with Gasteiger partial charge in [0.25, 0.3) is 0 Å². The lowest BCUT2D eigenvalue weighted by Crippen LogP contribution is -2.34. The second-order valence-corrected chi connectivity index (χ2v) is 4.82. The van der Waals surface area contributed by atoms with E-state index in [1.165, 1.54) is 24.1 Å². The standard InChI is InChI=1S/C15H17NO/c1-2-16-14-6-4-3-5-12(14)13-9-11(10-17)7-8-15(13)16/h3,5,7-10,12,14H,2,4,6H2,1H3. The van der Waals surface area contributed by atoms with E-state index in [1.54, 1.807) is 0 Å². The average Bonchev–Trinajstić information content (AvgIpc) is 2.71. The molecule has 0 fully saturated rings. The molecule has 88 valence electrons. The molecule has 2 aliphatic rings. The summed E-state index contributed by atoms with van der Waals surface area (Å²) in [6.07, 6.45) is 7.93. The normalized spacial score (nSPS) is 25.6. The largest absolute Gasteiger partial charge is 0.368 e. The van der Waals surface area contributed by atoms with Crippen molar-refractivity contribution >= 4 is 12.0 Å².